The maximum atomic E-state index is 11.9. The standard InChI is InChI=1S/C10H16N4OS/c1-7-5-9(14(2)13-7)12-10(15)8-6-16-4-3-11-8/h5,8,11H,3-4,6H2,1-2H3,(H,12,15). The Morgan fingerprint density at radius 1 is 1.75 bits per heavy atom. The van der Waals surface area contributed by atoms with Crippen LogP contribution in [0.4, 0.5) is 5.82 Å². The van der Waals surface area contributed by atoms with Crippen LogP contribution < -0.4 is 10.6 Å². The molecule has 16 heavy (non-hydrogen) atoms. The minimum Gasteiger partial charge on any atom is -0.310 e. The molecule has 0 aliphatic carbocycles. The van der Waals surface area contributed by atoms with Gasteiger partial charge in [-0.1, -0.05) is 0 Å². The van der Waals surface area contributed by atoms with Crippen LogP contribution >= 0.6 is 11.8 Å². The van der Waals surface area contributed by atoms with Gasteiger partial charge in [0.25, 0.3) is 0 Å². The maximum Gasteiger partial charge on any atom is 0.243 e. The van der Waals surface area contributed by atoms with Gasteiger partial charge < -0.3 is 10.6 Å². The van der Waals surface area contributed by atoms with E-state index in [0.717, 1.165) is 29.6 Å². The van der Waals surface area contributed by atoms with Gasteiger partial charge in [-0.3, -0.25) is 9.48 Å². The fourth-order valence-corrected chi connectivity index (χ4v) is 2.61. The molecule has 0 saturated carbocycles. The van der Waals surface area contributed by atoms with Gasteiger partial charge in [-0.2, -0.15) is 16.9 Å². The number of aromatic nitrogens is 2. The lowest BCUT2D eigenvalue weighted by molar-refractivity contribution is -0.117. The highest BCUT2D eigenvalue weighted by atomic mass is 32.2. The Hall–Kier alpha value is -1.01. The van der Waals surface area contributed by atoms with Crippen molar-refractivity contribution in [2.45, 2.75) is 13.0 Å². The quantitative estimate of drug-likeness (QED) is 0.784. The molecular weight excluding hydrogens is 224 g/mol. The molecule has 2 rings (SSSR count). The van der Waals surface area contributed by atoms with Crippen LogP contribution in [-0.4, -0.2) is 39.8 Å². The number of hydrogen-bond donors (Lipinski definition) is 2. The first-order valence-electron chi connectivity index (χ1n) is 5.29. The summed E-state index contributed by atoms with van der Waals surface area (Å²) >= 11 is 1.81. The molecule has 1 amide bonds. The molecule has 2 N–H and O–H groups in total. The van der Waals surface area contributed by atoms with Crippen LogP contribution in [0.3, 0.4) is 0 Å². The van der Waals surface area contributed by atoms with Gasteiger partial charge in [0.05, 0.1) is 11.7 Å². The summed E-state index contributed by atoms with van der Waals surface area (Å²) in [5.41, 5.74) is 0.906. The number of hydrogen-bond acceptors (Lipinski definition) is 4. The van der Waals surface area contributed by atoms with Crippen molar-refractivity contribution < 1.29 is 4.79 Å². The predicted octanol–water partition coefficient (Wildman–Crippen LogP) is 0.372. The van der Waals surface area contributed by atoms with E-state index in [1.165, 1.54) is 0 Å². The summed E-state index contributed by atoms with van der Waals surface area (Å²) in [5, 5.41) is 10.3. The second-order valence-corrected chi connectivity index (χ2v) is 5.02. The van der Waals surface area contributed by atoms with E-state index >= 15 is 0 Å². The average Bonchev–Trinajstić information content (AvgIpc) is 2.59. The van der Waals surface area contributed by atoms with Crippen LogP contribution in [0.15, 0.2) is 6.07 Å². The smallest absolute Gasteiger partial charge is 0.243 e. The summed E-state index contributed by atoms with van der Waals surface area (Å²) in [6.07, 6.45) is 0. The zero-order valence-corrected chi connectivity index (χ0v) is 10.3. The summed E-state index contributed by atoms with van der Waals surface area (Å²) < 4.78 is 1.68. The third-order valence-corrected chi connectivity index (χ3v) is 3.55. The van der Waals surface area contributed by atoms with E-state index in [1.807, 2.05) is 20.0 Å². The van der Waals surface area contributed by atoms with E-state index in [2.05, 4.69) is 15.7 Å². The summed E-state index contributed by atoms with van der Waals surface area (Å²) in [5.74, 6) is 2.69. The van der Waals surface area contributed by atoms with Crippen molar-refractivity contribution in [3.05, 3.63) is 11.8 Å². The van der Waals surface area contributed by atoms with Gasteiger partial charge in [-0.25, -0.2) is 0 Å². The zero-order valence-electron chi connectivity index (χ0n) is 9.49. The first-order chi connectivity index (χ1) is 7.66. The molecule has 1 atom stereocenters. The lowest BCUT2D eigenvalue weighted by atomic mass is 10.3. The highest BCUT2D eigenvalue weighted by Crippen LogP contribution is 2.12. The van der Waals surface area contributed by atoms with Crippen LogP contribution in [0.2, 0.25) is 0 Å². The zero-order chi connectivity index (χ0) is 11.5. The third kappa shape index (κ3) is 2.56. The van der Waals surface area contributed by atoms with E-state index in [1.54, 1.807) is 16.4 Å². The topological polar surface area (TPSA) is 59.0 Å². The second kappa shape index (κ2) is 4.88. The molecule has 1 aliphatic rings. The molecule has 0 bridgehead atoms. The van der Waals surface area contributed by atoms with Crippen molar-refractivity contribution in [2.75, 3.05) is 23.4 Å². The van der Waals surface area contributed by atoms with E-state index in [0.29, 0.717) is 0 Å². The lowest BCUT2D eigenvalue weighted by Crippen LogP contribution is -2.46. The van der Waals surface area contributed by atoms with Crippen LogP contribution in [0.1, 0.15) is 5.69 Å². The van der Waals surface area contributed by atoms with E-state index in [-0.39, 0.29) is 11.9 Å². The predicted molar refractivity (Wildman–Crippen MR) is 65.7 cm³/mol. The monoisotopic (exact) mass is 240 g/mol. The first kappa shape index (κ1) is 11.5. The Bertz CT molecular complexity index is 384. The number of rotatable bonds is 2. The van der Waals surface area contributed by atoms with Gasteiger partial charge in [-0.05, 0) is 6.92 Å². The largest absolute Gasteiger partial charge is 0.310 e. The number of nitrogens with zero attached hydrogens (tertiary/aromatic N) is 2. The van der Waals surface area contributed by atoms with Gasteiger partial charge >= 0.3 is 0 Å². The van der Waals surface area contributed by atoms with Crippen molar-refractivity contribution >= 4 is 23.5 Å². The number of carbonyl (C=O) groups is 1. The molecule has 1 aliphatic heterocycles. The molecule has 1 saturated heterocycles. The molecule has 1 aromatic heterocycles. The molecule has 0 radical (unpaired) electrons. The molecule has 0 aromatic carbocycles. The summed E-state index contributed by atoms with van der Waals surface area (Å²) in [6, 6.07) is 1.78. The van der Waals surface area contributed by atoms with Crippen molar-refractivity contribution in [1.82, 2.24) is 15.1 Å². The molecule has 2 heterocycles. The molecule has 0 spiro atoms. The molecular formula is C10H16N4OS. The molecule has 88 valence electrons. The van der Waals surface area contributed by atoms with Gasteiger partial charge in [0.15, 0.2) is 0 Å². The Kier molecular flexibility index (Phi) is 3.50. The fraction of sp³-hybridized carbons (Fsp3) is 0.600. The summed E-state index contributed by atoms with van der Waals surface area (Å²) in [6.45, 7) is 2.80. The number of anilines is 1. The minimum absolute atomic E-state index is 0.0233. The number of thioether (sulfide) groups is 1. The normalized spacial score (nSPS) is 20.8. The number of carbonyl (C=O) groups excluding carboxylic acids is 1. The average molecular weight is 240 g/mol. The Morgan fingerprint density at radius 2 is 2.56 bits per heavy atom. The Labute approximate surface area is 99.0 Å². The van der Waals surface area contributed by atoms with Gasteiger partial charge in [0.1, 0.15) is 5.82 Å². The fourth-order valence-electron chi connectivity index (χ4n) is 1.67. The molecule has 1 unspecified atom stereocenters. The molecule has 1 fully saturated rings. The second-order valence-electron chi connectivity index (χ2n) is 3.87. The lowest BCUT2D eigenvalue weighted by Gasteiger charge is -2.22. The highest BCUT2D eigenvalue weighted by molar-refractivity contribution is 7.99. The van der Waals surface area contributed by atoms with Crippen LogP contribution in [-0.2, 0) is 11.8 Å². The number of amides is 1. The Balaban J connectivity index is 1.98. The third-order valence-electron chi connectivity index (χ3n) is 2.49. The van der Waals surface area contributed by atoms with E-state index in [9.17, 15) is 4.79 Å². The van der Waals surface area contributed by atoms with Gasteiger partial charge in [0, 0.05) is 31.2 Å². The summed E-state index contributed by atoms with van der Waals surface area (Å²) in [7, 11) is 1.83. The molecule has 6 heteroatoms. The van der Waals surface area contributed by atoms with Gasteiger partial charge in [0.2, 0.25) is 5.91 Å². The number of aryl methyl sites for hydroxylation is 2. The maximum absolute atomic E-state index is 11.9. The van der Waals surface area contributed by atoms with Crippen LogP contribution in [0, 0.1) is 6.92 Å². The minimum atomic E-state index is -0.0889. The number of nitrogens with one attached hydrogen (secondary N) is 2. The molecule has 1 aromatic rings. The summed E-state index contributed by atoms with van der Waals surface area (Å²) in [4.78, 5) is 11.9. The highest BCUT2D eigenvalue weighted by Gasteiger charge is 2.21. The van der Waals surface area contributed by atoms with Crippen LogP contribution in [0.25, 0.3) is 0 Å². The van der Waals surface area contributed by atoms with Gasteiger partial charge in [-0.15, -0.1) is 0 Å². The van der Waals surface area contributed by atoms with Crippen molar-refractivity contribution in [2.24, 2.45) is 7.05 Å². The van der Waals surface area contributed by atoms with Crippen molar-refractivity contribution in [3.63, 3.8) is 0 Å². The van der Waals surface area contributed by atoms with Crippen molar-refractivity contribution in [3.8, 4) is 0 Å². The molecule has 5 nitrogen and oxygen atoms in total. The first-order valence-corrected chi connectivity index (χ1v) is 6.45. The van der Waals surface area contributed by atoms with E-state index < -0.39 is 0 Å². The van der Waals surface area contributed by atoms with E-state index in [4.69, 9.17) is 0 Å². The SMILES string of the molecule is Cc1cc(NC(=O)C2CSCCN2)n(C)n1. The van der Waals surface area contributed by atoms with Crippen LogP contribution in [0.5, 0.6) is 0 Å². The van der Waals surface area contributed by atoms with Crippen molar-refractivity contribution in [1.29, 1.82) is 0 Å². The Morgan fingerprint density at radius 3 is 3.12 bits per heavy atom.